The average Bonchev–Trinajstić information content (AvgIpc) is 3.45. The fourth-order valence-electron chi connectivity index (χ4n) is 3.95. The van der Waals surface area contributed by atoms with E-state index in [0.717, 1.165) is 39.4 Å². The SMILES string of the molecule is Brc1cc2c(cc1[C@@H]1Oc3ccccc3[C@H]3CC(c4cccs4)=NN31)OCO2. The minimum atomic E-state index is -0.346. The van der Waals surface area contributed by atoms with Crippen molar-refractivity contribution in [2.75, 3.05) is 6.79 Å². The predicted octanol–water partition coefficient (Wildman–Crippen LogP) is 5.48. The first-order valence-corrected chi connectivity index (χ1v) is 10.7. The van der Waals surface area contributed by atoms with Crippen LogP contribution >= 0.6 is 27.3 Å². The Morgan fingerprint density at radius 1 is 1.00 bits per heavy atom. The molecule has 0 saturated heterocycles. The first-order valence-electron chi connectivity index (χ1n) is 9.02. The summed E-state index contributed by atoms with van der Waals surface area (Å²) in [6, 6.07) is 16.5. The van der Waals surface area contributed by atoms with Gasteiger partial charge in [0.2, 0.25) is 13.0 Å². The van der Waals surface area contributed by atoms with Crippen LogP contribution in [-0.2, 0) is 0 Å². The van der Waals surface area contributed by atoms with Crippen molar-refractivity contribution in [1.82, 2.24) is 5.01 Å². The third-order valence-corrected chi connectivity index (χ3v) is 6.87. The number of rotatable bonds is 2. The number of nitrogens with zero attached hydrogens (tertiary/aromatic N) is 2. The predicted molar refractivity (Wildman–Crippen MR) is 110 cm³/mol. The second-order valence-electron chi connectivity index (χ2n) is 6.86. The number of fused-ring (bicyclic) bond motifs is 4. The molecular formula is C21H15BrN2O3S. The lowest BCUT2D eigenvalue weighted by molar-refractivity contribution is -0.0195. The normalized spacial score (nSPS) is 21.8. The van der Waals surface area contributed by atoms with Crippen LogP contribution in [0.15, 0.2) is 63.5 Å². The highest BCUT2D eigenvalue weighted by Crippen LogP contribution is 2.50. The van der Waals surface area contributed by atoms with Gasteiger partial charge in [-0.1, -0.05) is 40.2 Å². The van der Waals surface area contributed by atoms with Crippen molar-refractivity contribution in [3.05, 3.63) is 74.4 Å². The third kappa shape index (κ3) is 2.46. The quantitative estimate of drug-likeness (QED) is 0.513. The highest BCUT2D eigenvalue weighted by molar-refractivity contribution is 9.10. The number of hydrazone groups is 1. The summed E-state index contributed by atoms with van der Waals surface area (Å²) in [7, 11) is 0. The van der Waals surface area contributed by atoms with E-state index in [4.69, 9.17) is 19.3 Å². The molecule has 4 heterocycles. The monoisotopic (exact) mass is 454 g/mol. The van der Waals surface area contributed by atoms with Crippen molar-refractivity contribution < 1.29 is 14.2 Å². The maximum Gasteiger partial charge on any atom is 0.231 e. The molecule has 140 valence electrons. The van der Waals surface area contributed by atoms with E-state index >= 15 is 0 Å². The summed E-state index contributed by atoms with van der Waals surface area (Å²) in [6.07, 6.45) is 0.515. The molecule has 0 amide bonds. The Bertz CT molecular complexity index is 1100. The van der Waals surface area contributed by atoms with Gasteiger partial charge in [0.1, 0.15) is 5.75 Å². The van der Waals surface area contributed by atoms with Gasteiger partial charge in [-0.15, -0.1) is 11.3 Å². The van der Waals surface area contributed by atoms with Crippen LogP contribution in [0.5, 0.6) is 17.2 Å². The van der Waals surface area contributed by atoms with Crippen LogP contribution in [-0.4, -0.2) is 17.5 Å². The largest absolute Gasteiger partial charge is 0.464 e. The van der Waals surface area contributed by atoms with E-state index in [1.54, 1.807) is 11.3 Å². The smallest absolute Gasteiger partial charge is 0.231 e. The van der Waals surface area contributed by atoms with Gasteiger partial charge in [0.05, 0.1) is 16.6 Å². The van der Waals surface area contributed by atoms with Gasteiger partial charge in [-0.3, -0.25) is 0 Å². The maximum atomic E-state index is 6.43. The van der Waals surface area contributed by atoms with Gasteiger partial charge in [0, 0.05) is 22.0 Å². The minimum Gasteiger partial charge on any atom is -0.464 e. The summed E-state index contributed by atoms with van der Waals surface area (Å²) < 4.78 is 18.4. The van der Waals surface area contributed by atoms with E-state index in [0.29, 0.717) is 0 Å². The van der Waals surface area contributed by atoms with Crippen molar-refractivity contribution in [3.8, 4) is 17.2 Å². The summed E-state index contributed by atoms with van der Waals surface area (Å²) in [6.45, 7) is 0.243. The Kier molecular flexibility index (Phi) is 3.67. The molecule has 0 radical (unpaired) electrons. The molecule has 0 spiro atoms. The van der Waals surface area contributed by atoms with Gasteiger partial charge in [0.25, 0.3) is 0 Å². The first-order chi connectivity index (χ1) is 13.8. The Hall–Kier alpha value is -2.51. The Morgan fingerprint density at radius 3 is 2.71 bits per heavy atom. The summed E-state index contributed by atoms with van der Waals surface area (Å²) in [4.78, 5) is 1.20. The van der Waals surface area contributed by atoms with Crippen LogP contribution in [0, 0.1) is 0 Å². The van der Waals surface area contributed by atoms with Crippen molar-refractivity contribution in [2.45, 2.75) is 18.7 Å². The summed E-state index contributed by atoms with van der Waals surface area (Å²) in [5.41, 5.74) is 3.24. The third-order valence-electron chi connectivity index (χ3n) is 5.26. The Labute approximate surface area is 174 Å². The molecule has 28 heavy (non-hydrogen) atoms. The molecule has 3 aromatic rings. The topological polar surface area (TPSA) is 43.3 Å². The molecule has 3 aliphatic heterocycles. The molecule has 7 heteroatoms. The zero-order chi connectivity index (χ0) is 18.7. The molecular weight excluding hydrogens is 440 g/mol. The van der Waals surface area contributed by atoms with Crippen LogP contribution < -0.4 is 14.2 Å². The molecule has 6 rings (SSSR count). The molecule has 2 atom stereocenters. The summed E-state index contributed by atoms with van der Waals surface area (Å²) in [5.74, 6) is 2.38. The maximum absolute atomic E-state index is 6.43. The molecule has 0 N–H and O–H groups in total. The minimum absolute atomic E-state index is 0.143. The molecule has 0 unspecified atom stereocenters. The second-order valence-corrected chi connectivity index (χ2v) is 8.66. The van der Waals surface area contributed by atoms with Crippen molar-refractivity contribution in [3.63, 3.8) is 0 Å². The first kappa shape index (κ1) is 16.4. The lowest BCUT2D eigenvalue weighted by Gasteiger charge is -2.38. The molecule has 5 nitrogen and oxygen atoms in total. The molecule has 0 bridgehead atoms. The summed E-state index contributed by atoms with van der Waals surface area (Å²) >= 11 is 5.41. The lowest BCUT2D eigenvalue weighted by atomic mass is 9.97. The van der Waals surface area contributed by atoms with Crippen molar-refractivity contribution >= 4 is 33.0 Å². The lowest BCUT2D eigenvalue weighted by Crippen LogP contribution is -2.33. The molecule has 1 aromatic heterocycles. The van der Waals surface area contributed by atoms with E-state index in [2.05, 4.69) is 50.6 Å². The molecule has 0 aliphatic carbocycles. The zero-order valence-electron chi connectivity index (χ0n) is 14.7. The second kappa shape index (κ2) is 6.25. The van der Waals surface area contributed by atoms with Crippen LogP contribution in [0.4, 0.5) is 0 Å². The molecule has 3 aliphatic rings. The Balaban J connectivity index is 1.48. The van der Waals surface area contributed by atoms with Crippen LogP contribution in [0.2, 0.25) is 0 Å². The van der Waals surface area contributed by atoms with Gasteiger partial charge in [-0.25, -0.2) is 5.01 Å². The van der Waals surface area contributed by atoms with Gasteiger partial charge in [-0.05, 0) is 29.6 Å². The average molecular weight is 455 g/mol. The molecule has 0 fully saturated rings. The summed E-state index contributed by atoms with van der Waals surface area (Å²) in [5, 5.41) is 9.16. The van der Waals surface area contributed by atoms with Crippen LogP contribution in [0.3, 0.4) is 0 Å². The zero-order valence-corrected chi connectivity index (χ0v) is 17.1. The van der Waals surface area contributed by atoms with E-state index in [-0.39, 0.29) is 19.1 Å². The van der Waals surface area contributed by atoms with E-state index < -0.39 is 0 Å². The fourth-order valence-corrected chi connectivity index (χ4v) is 5.19. The van der Waals surface area contributed by atoms with Gasteiger partial charge < -0.3 is 14.2 Å². The van der Waals surface area contributed by atoms with Crippen LogP contribution in [0.25, 0.3) is 0 Å². The van der Waals surface area contributed by atoms with E-state index in [9.17, 15) is 0 Å². The number of hydrogen-bond acceptors (Lipinski definition) is 6. The number of halogens is 1. The fraction of sp³-hybridized carbons (Fsp3) is 0.190. The molecule has 2 aromatic carbocycles. The highest BCUT2D eigenvalue weighted by atomic mass is 79.9. The van der Waals surface area contributed by atoms with Gasteiger partial charge >= 0.3 is 0 Å². The molecule has 0 saturated carbocycles. The number of thiophene rings is 1. The van der Waals surface area contributed by atoms with Crippen LogP contribution in [0.1, 0.15) is 34.7 Å². The van der Waals surface area contributed by atoms with E-state index in [1.165, 1.54) is 10.4 Å². The Morgan fingerprint density at radius 2 is 1.86 bits per heavy atom. The standard InChI is InChI=1S/C21H15BrN2O3S/c22-14-9-19-18(25-11-26-19)8-13(14)21-24-16(12-4-1-2-5-17(12)27-21)10-15(23-24)20-6-3-7-28-20/h1-9,16,21H,10-11H2/t16-,21+/m1/s1. The number of hydrogen-bond donors (Lipinski definition) is 0. The highest BCUT2D eigenvalue weighted by Gasteiger charge is 2.42. The van der Waals surface area contributed by atoms with Gasteiger partial charge in [-0.2, -0.15) is 5.10 Å². The van der Waals surface area contributed by atoms with Crippen molar-refractivity contribution in [1.29, 1.82) is 0 Å². The number of para-hydroxylation sites is 1. The van der Waals surface area contributed by atoms with Gasteiger partial charge in [0.15, 0.2) is 11.5 Å². The number of ether oxygens (including phenoxy) is 3. The van der Waals surface area contributed by atoms with E-state index in [1.807, 2.05) is 24.3 Å². The number of benzene rings is 2. The van der Waals surface area contributed by atoms with Crippen molar-refractivity contribution in [2.24, 2.45) is 5.10 Å².